The number of morpholine rings is 1. The van der Waals surface area contributed by atoms with E-state index in [4.69, 9.17) is 14.2 Å². The molecule has 1 N–H and O–H groups in total. The van der Waals surface area contributed by atoms with Crippen LogP contribution in [0.3, 0.4) is 0 Å². The molecular weight excluding hydrogens is 409 g/mol. The van der Waals surface area contributed by atoms with Gasteiger partial charge in [0.15, 0.2) is 28.9 Å². The average Bonchev–Trinajstić information content (AvgIpc) is 3.24. The number of ether oxygens (including phenoxy) is 3. The molecule has 2 aliphatic heterocycles. The smallest absolute Gasteiger partial charge is 0.308 e. The summed E-state index contributed by atoms with van der Waals surface area (Å²) in [7, 11) is 0. The molecule has 2 aromatic heterocycles. The van der Waals surface area contributed by atoms with Gasteiger partial charge in [-0.05, 0) is 13.8 Å². The second-order valence-corrected chi connectivity index (χ2v) is 8.61. The Bertz CT molecular complexity index is 957. The quantitative estimate of drug-likeness (QED) is 0.691. The lowest BCUT2D eigenvalue weighted by molar-refractivity contribution is -0.156. The third-order valence-corrected chi connectivity index (χ3v) is 6.12. The third-order valence-electron chi connectivity index (χ3n) is 6.12. The minimum atomic E-state index is -2.21. The van der Waals surface area contributed by atoms with Crippen molar-refractivity contribution in [1.29, 1.82) is 0 Å². The zero-order valence-corrected chi connectivity index (χ0v) is 18.1. The number of rotatable bonds is 5. The number of fused-ring (bicyclic) bond motifs is 1. The van der Waals surface area contributed by atoms with Gasteiger partial charge in [0.2, 0.25) is 0 Å². The van der Waals surface area contributed by atoms with Gasteiger partial charge in [0.05, 0.1) is 25.5 Å². The van der Waals surface area contributed by atoms with Crippen LogP contribution in [-0.4, -0.2) is 80.9 Å². The van der Waals surface area contributed by atoms with Gasteiger partial charge in [-0.15, -0.1) is 0 Å². The van der Waals surface area contributed by atoms with E-state index in [1.165, 1.54) is 31.1 Å². The Hall–Kier alpha value is -2.37. The van der Waals surface area contributed by atoms with E-state index in [0.29, 0.717) is 43.3 Å². The van der Waals surface area contributed by atoms with Gasteiger partial charge < -0.3 is 24.2 Å². The van der Waals surface area contributed by atoms with E-state index in [1.54, 1.807) is 13.8 Å². The predicted molar refractivity (Wildman–Crippen MR) is 108 cm³/mol. The summed E-state index contributed by atoms with van der Waals surface area (Å²) in [5.41, 5.74) is -3.22. The molecule has 0 saturated carbocycles. The van der Waals surface area contributed by atoms with Crippen molar-refractivity contribution in [2.75, 3.05) is 37.8 Å². The second kappa shape index (κ2) is 7.95. The molecular formula is C20H28FN5O5. The van der Waals surface area contributed by atoms with Crippen LogP contribution in [0, 0.1) is 5.92 Å². The lowest BCUT2D eigenvalue weighted by Crippen LogP contribution is -2.52. The van der Waals surface area contributed by atoms with Crippen molar-refractivity contribution in [3.63, 3.8) is 0 Å². The van der Waals surface area contributed by atoms with Gasteiger partial charge >= 0.3 is 5.97 Å². The van der Waals surface area contributed by atoms with Gasteiger partial charge in [-0.1, -0.05) is 13.8 Å². The maximum absolute atomic E-state index is 15.9. The first kappa shape index (κ1) is 21.8. The first-order valence-corrected chi connectivity index (χ1v) is 10.4. The van der Waals surface area contributed by atoms with Crippen LogP contribution >= 0.6 is 0 Å². The van der Waals surface area contributed by atoms with Crippen LogP contribution in [0.15, 0.2) is 12.7 Å². The molecule has 0 bridgehead atoms. The minimum absolute atomic E-state index is 0.263. The van der Waals surface area contributed by atoms with E-state index in [2.05, 4.69) is 15.0 Å². The van der Waals surface area contributed by atoms with E-state index in [-0.39, 0.29) is 12.5 Å². The molecule has 0 spiro atoms. The van der Waals surface area contributed by atoms with E-state index in [9.17, 15) is 9.90 Å². The highest BCUT2D eigenvalue weighted by atomic mass is 19.1. The number of aromatic nitrogens is 4. The molecule has 4 heterocycles. The summed E-state index contributed by atoms with van der Waals surface area (Å²) in [6, 6.07) is 0. The van der Waals surface area contributed by atoms with Gasteiger partial charge in [0.1, 0.15) is 24.6 Å². The van der Waals surface area contributed by atoms with E-state index < -0.39 is 29.6 Å². The number of alkyl halides is 1. The lowest BCUT2D eigenvalue weighted by Gasteiger charge is -2.33. The van der Waals surface area contributed by atoms with Crippen molar-refractivity contribution in [2.24, 2.45) is 5.92 Å². The van der Waals surface area contributed by atoms with Crippen molar-refractivity contribution in [2.45, 2.75) is 51.3 Å². The summed E-state index contributed by atoms with van der Waals surface area (Å²) in [4.78, 5) is 27.0. The number of carbonyl (C=O) groups excluding carboxylic acids is 1. The largest absolute Gasteiger partial charge is 0.463 e. The van der Waals surface area contributed by atoms with E-state index in [0.717, 1.165) is 0 Å². The van der Waals surface area contributed by atoms with Crippen molar-refractivity contribution in [1.82, 2.24) is 19.5 Å². The molecule has 4 atom stereocenters. The Balaban J connectivity index is 1.65. The summed E-state index contributed by atoms with van der Waals surface area (Å²) in [6.07, 6.45) is 0.552. The van der Waals surface area contributed by atoms with Crippen LogP contribution in [0.1, 0.15) is 33.9 Å². The number of nitrogens with zero attached hydrogens (tertiary/aromatic N) is 5. The molecule has 2 unspecified atom stereocenters. The summed E-state index contributed by atoms with van der Waals surface area (Å²) in [5.74, 6) is -0.147. The first-order chi connectivity index (χ1) is 14.6. The number of carbonyl (C=O) groups is 1. The van der Waals surface area contributed by atoms with Crippen LogP contribution in [-0.2, 0) is 19.0 Å². The maximum atomic E-state index is 15.9. The Labute approximate surface area is 179 Å². The van der Waals surface area contributed by atoms with Crippen molar-refractivity contribution in [3.05, 3.63) is 12.7 Å². The Morgan fingerprint density at radius 3 is 2.71 bits per heavy atom. The van der Waals surface area contributed by atoms with Gasteiger partial charge in [-0.2, -0.15) is 0 Å². The SMILES string of the molecule is CC(C)C(=O)OC[C@H]1OC(n2cnc3c(N4CCOCC4)ncnc32)[C@](C)(F)C1(C)O. The van der Waals surface area contributed by atoms with Crippen LogP contribution in [0.25, 0.3) is 11.2 Å². The summed E-state index contributed by atoms with van der Waals surface area (Å²) >= 11 is 0. The molecule has 2 aliphatic rings. The molecule has 0 amide bonds. The fraction of sp³-hybridized carbons (Fsp3) is 0.700. The number of esters is 1. The van der Waals surface area contributed by atoms with Crippen LogP contribution in [0.2, 0.25) is 0 Å². The zero-order chi connectivity index (χ0) is 22.4. The van der Waals surface area contributed by atoms with Gasteiger partial charge in [-0.25, -0.2) is 19.3 Å². The molecule has 10 nitrogen and oxygen atoms in total. The number of hydrogen-bond acceptors (Lipinski definition) is 9. The molecule has 4 rings (SSSR count). The number of imidazole rings is 1. The van der Waals surface area contributed by atoms with Gasteiger partial charge in [-0.3, -0.25) is 9.36 Å². The molecule has 0 radical (unpaired) electrons. The minimum Gasteiger partial charge on any atom is -0.463 e. The van der Waals surface area contributed by atoms with E-state index >= 15 is 4.39 Å². The highest BCUT2D eigenvalue weighted by Gasteiger charge is 2.63. The molecule has 31 heavy (non-hydrogen) atoms. The monoisotopic (exact) mass is 437 g/mol. The van der Waals surface area contributed by atoms with Crippen LogP contribution in [0.4, 0.5) is 10.2 Å². The topological polar surface area (TPSA) is 112 Å². The number of hydrogen-bond donors (Lipinski definition) is 1. The normalized spacial score (nSPS) is 31.5. The van der Waals surface area contributed by atoms with Crippen molar-refractivity contribution in [3.8, 4) is 0 Å². The Kier molecular flexibility index (Phi) is 5.61. The predicted octanol–water partition coefficient (Wildman–Crippen LogP) is 1.24. The number of aliphatic hydroxyl groups is 1. The summed E-state index contributed by atoms with van der Waals surface area (Å²) in [6.45, 7) is 8.23. The molecule has 2 saturated heterocycles. The molecule has 2 fully saturated rings. The molecule has 0 aromatic carbocycles. The molecule has 11 heteroatoms. The van der Waals surface area contributed by atoms with Crippen molar-refractivity contribution < 1.29 is 28.5 Å². The number of anilines is 1. The molecule has 170 valence electrons. The number of halogens is 1. The fourth-order valence-corrected chi connectivity index (χ4v) is 3.85. The summed E-state index contributed by atoms with van der Waals surface area (Å²) in [5, 5.41) is 11.0. The Morgan fingerprint density at radius 2 is 2.03 bits per heavy atom. The Morgan fingerprint density at radius 1 is 1.32 bits per heavy atom. The van der Waals surface area contributed by atoms with E-state index in [1.807, 2.05) is 4.90 Å². The third kappa shape index (κ3) is 3.64. The standard InChI is InChI=1S/C20H28FN5O5/c1-12(2)17(27)30-9-13-20(4,28)19(3,21)18(31-13)26-11-24-14-15(22-10-23-16(14)26)25-5-7-29-8-6-25/h10-13,18,28H,5-9H2,1-4H3/t13-,18?,19+,20?/m1/s1. The molecule has 0 aliphatic carbocycles. The average molecular weight is 437 g/mol. The highest BCUT2D eigenvalue weighted by molar-refractivity contribution is 5.83. The van der Waals surface area contributed by atoms with Gasteiger partial charge in [0.25, 0.3) is 0 Å². The maximum Gasteiger partial charge on any atom is 0.308 e. The first-order valence-electron chi connectivity index (χ1n) is 10.4. The summed E-state index contributed by atoms with van der Waals surface area (Å²) < 4.78 is 33.8. The molecule has 2 aromatic rings. The zero-order valence-electron chi connectivity index (χ0n) is 18.1. The van der Waals surface area contributed by atoms with Crippen LogP contribution in [0.5, 0.6) is 0 Å². The fourth-order valence-electron chi connectivity index (χ4n) is 3.85. The lowest BCUT2D eigenvalue weighted by atomic mass is 9.84. The van der Waals surface area contributed by atoms with Crippen molar-refractivity contribution >= 4 is 23.0 Å². The second-order valence-electron chi connectivity index (χ2n) is 8.61. The highest BCUT2D eigenvalue weighted by Crippen LogP contribution is 2.49. The van der Waals surface area contributed by atoms with Crippen LogP contribution < -0.4 is 4.90 Å². The van der Waals surface area contributed by atoms with Gasteiger partial charge in [0, 0.05) is 13.1 Å².